The van der Waals surface area contributed by atoms with Crippen LogP contribution in [-0.2, 0) is 4.74 Å². The van der Waals surface area contributed by atoms with Crippen molar-refractivity contribution in [3.05, 3.63) is 11.0 Å². The molecular weight excluding hydrogens is 252 g/mol. The number of hydrogen-bond acceptors (Lipinski definition) is 5. The van der Waals surface area contributed by atoms with Crippen LogP contribution in [0.5, 0.6) is 0 Å². The van der Waals surface area contributed by atoms with Crippen LogP contribution in [0.1, 0.15) is 18.5 Å². The molecule has 0 radical (unpaired) electrons. The number of anilines is 2. The predicted octanol–water partition coefficient (Wildman–Crippen LogP) is 1.88. The van der Waals surface area contributed by atoms with Gasteiger partial charge in [0.1, 0.15) is 0 Å². The van der Waals surface area contributed by atoms with E-state index in [1.165, 1.54) is 12.8 Å². The summed E-state index contributed by atoms with van der Waals surface area (Å²) >= 11 is 5.84. The Bertz CT molecular complexity index is 423. The van der Waals surface area contributed by atoms with Crippen molar-refractivity contribution in [2.75, 3.05) is 37.4 Å². The van der Waals surface area contributed by atoms with E-state index in [4.69, 9.17) is 22.1 Å². The van der Waals surface area contributed by atoms with Gasteiger partial charge >= 0.3 is 0 Å². The van der Waals surface area contributed by atoms with Gasteiger partial charge in [-0.2, -0.15) is 4.98 Å². The minimum Gasteiger partial charge on any atom is -0.394 e. The first-order valence-electron chi connectivity index (χ1n) is 6.16. The SMILES string of the molecule is Cc1nc(Cl)nc(N(C)CCOCC2CC2)c1N. The Labute approximate surface area is 112 Å². The van der Waals surface area contributed by atoms with Gasteiger partial charge in [-0.25, -0.2) is 4.98 Å². The summed E-state index contributed by atoms with van der Waals surface area (Å²) in [6.45, 7) is 4.10. The standard InChI is InChI=1S/C12H19ClN4O/c1-8-10(14)11(16-12(13)15-8)17(2)5-6-18-7-9-3-4-9/h9H,3-7,14H2,1-2H3. The minimum atomic E-state index is 0.224. The molecule has 6 heteroatoms. The molecule has 100 valence electrons. The number of nitrogens with two attached hydrogens (primary N) is 1. The number of nitrogen functional groups attached to an aromatic ring is 1. The average Bonchev–Trinajstić information content (AvgIpc) is 3.13. The quantitative estimate of drug-likeness (QED) is 0.632. The van der Waals surface area contributed by atoms with Gasteiger partial charge in [-0.15, -0.1) is 0 Å². The molecule has 0 aromatic carbocycles. The van der Waals surface area contributed by atoms with E-state index in [-0.39, 0.29) is 5.28 Å². The molecule has 5 nitrogen and oxygen atoms in total. The molecule has 0 saturated heterocycles. The number of aryl methyl sites for hydroxylation is 1. The predicted molar refractivity (Wildman–Crippen MR) is 73.0 cm³/mol. The number of hydrogen-bond donors (Lipinski definition) is 1. The summed E-state index contributed by atoms with van der Waals surface area (Å²) in [6, 6.07) is 0. The molecule has 0 unspecified atom stereocenters. The number of rotatable bonds is 6. The molecule has 0 aliphatic heterocycles. The van der Waals surface area contributed by atoms with Crippen molar-refractivity contribution in [1.82, 2.24) is 9.97 Å². The van der Waals surface area contributed by atoms with Crippen LogP contribution in [-0.4, -0.2) is 36.8 Å². The van der Waals surface area contributed by atoms with Crippen molar-refractivity contribution in [2.45, 2.75) is 19.8 Å². The highest BCUT2D eigenvalue weighted by molar-refractivity contribution is 6.28. The van der Waals surface area contributed by atoms with Crippen LogP contribution in [0.15, 0.2) is 0 Å². The maximum absolute atomic E-state index is 5.95. The molecule has 1 aliphatic rings. The van der Waals surface area contributed by atoms with Crippen molar-refractivity contribution in [2.24, 2.45) is 5.92 Å². The molecule has 18 heavy (non-hydrogen) atoms. The zero-order chi connectivity index (χ0) is 13.1. The lowest BCUT2D eigenvalue weighted by Crippen LogP contribution is -2.25. The van der Waals surface area contributed by atoms with Crippen LogP contribution in [0.3, 0.4) is 0 Å². The third-order valence-electron chi connectivity index (χ3n) is 3.07. The third-order valence-corrected chi connectivity index (χ3v) is 3.24. The van der Waals surface area contributed by atoms with Crippen LogP contribution in [0.25, 0.3) is 0 Å². The van der Waals surface area contributed by atoms with Crippen molar-refractivity contribution in [1.29, 1.82) is 0 Å². The van der Waals surface area contributed by atoms with Crippen LogP contribution in [0, 0.1) is 12.8 Å². The molecule has 1 aliphatic carbocycles. The maximum Gasteiger partial charge on any atom is 0.224 e. The summed E-state index contributed by atoms with van der Waals surface area (Å²) in [5.41, 5.74) is 7.23. The highest BCUT2D eigenvalue weighted by Crippen LogP contribution is 2.28. The van der Waals surface area contributed by atoms with E-state index >= 15 is 0 Å². The highest BCUT2D eigenvalue weighted by Gasteiger charge is 2.21. The number of likely N-dealkylation sites (N-methyl/N-ethyl adjacent to an activating group) is 1. The van der Waals surface area contributed by atoms with Crippen molar-refractivity contribution in [3.8, 4) is 0 Å². The number of halogens is 1. The summed E-state index contributed by atoms with van der Waals surface area (Å²) in [7, 11) is 1.93. The zero-order valence-corrected chi connectivity index (χ0v) is 11.6. The fourth-order valence-electron chi connectivity index (χ4n) is 1.67. The lowest BCUT2D eigenvalue weighted by Gasteiger charge is -2.20. The van der Waals surface area contributed by atoms with E-state index in [1.54, 1.807) is 0 Å². The highest BCUT2D eigenvalue weighted by atomic mass is 35.5. The molecule has 1 saturated carbocycles. The molecule has 2 N–H and O–H groups in total. The topological polar surface area (TPSA) is 64.3 Å². The normalized spacial score (nSPS) is 14.8. The second-order valence-electron chi connectivity index (χ2n) is 4.76. The molecule has 1 fully saturated rings. The van der Waals surface area contributed by atoms with Crippen LogP contribution in [0.2, 0.25) is 5.28 Å². The van der Waals surface area contributed by atoms with E-state index in [9.17, 15) is 0 Å². The van der Waals surface area contributed by atoms with Crippen molar-refractivity contribution >= 4 is 23.1 Å². The maximum atomic E-state index is 5.95. The number of aromatic nitrogens is 2. The first kappa shape index (κ1) is 13.4. The Morgan fingerprint density at radius 3 is 2.83 bits per heavy atom. The Kier molecular flexibility index (Phi) is 4.24. The smallest absolute Gasteiger partial charge is 0.224 e. The lowest BCUT2D eigenvalue weighted by atomic mass is 10.3. The Balaban J connectivity index is 1.88. The second-order valence-corrected chi connectivity index (χ2v) is 5.09. The molecule has 0 atom stereocenters. The monoisotopic (exact) mass is 270 g/mol. The van der Waals surface area contributed by atoms with Gasteiger partial charge in [-0.05, 0) is 37.3 Å². The fraction of sp³-hybridized carbons (Fsp3) is 0.667. The molecule has 1 aromatic heterocycles. The third kappa shape index (κ3) is 3.46. The Morgan fingerprint density at radius 1 is 1.44 bits per heavy atom. The van der Waals surface area contributed by atoms with Crippen molar-refractivity contribution in [3.63, 3.8) is 0 Å². The van der Waals surface area contributed by atoms with E-state index in [1.807, 2.05) is 18.9 Å². The van der Waals surface area contributed by atoms with Crippen molar-refractivity contribution < 1.29 is 4.74 Å². The summed E-state index contributed by atoms with van der Waals surface area (Å²) in [6.07, 6.45) is 2.62. The van der Waals surface area contributed by atoms with E-state index in [0.717, 1.165) is 19.1 Å². The lowest BCUT2D eigenvalue weighted by molar-refractivity contribution is 0.131. The summed E-state index contributed by atoms with van der Waals surface area (Å²) in [5.74, 6) is 1.46. The van der Waals surface area contributed by atoms with Crippen LogP contribution in [0.4, 0.5) is 11.5 Å². The van der Waals surface area contributed by atoms with Gasteiger partial charge in [0.2, 0.25) is 5.28 Å². The van der Waals surface area contributed by atoms with Gasteiger partial charge in [-0.3, -0.25) is 0 Å². The van der Waals surface area contributed by atoms with Gasteiger partial charge in [-0.1, -0.05) is 0 Å². The molecule has 0 spiro atoms. The summed E-state index contributed by atoms with van der Waals surface area (Å²) < 4.78 is 5.59. The van der Waals surface area contributed by atoms with E-state index < -0.39 is 0 Å². The summed E-state index contributed by atoms with van der Waals surface area (Å²) in [5, 5.41) is 0.224. The van der Waals surface area contributed by atoms with Crippen LogP contribution >= 0.6 is 11.6 Å². The molecular formula is C12H19ClN4O. The zero-order valence-electron chi connectivity index (χ0n) is 10.8. The minimum absolute atomic E-state index is 0.224. The largest absolute Gasteiger partial charge is 0.394 e. The molecule has 0 bridgehead atoms. The fourth-order valence-corrected chi connectivity index (χ4v) is 1.87. The van der Waals surface area contributed by atoms with Gasteiger partial charge in [0.15, 0.2) is 5.82 Å². The van der Waals surface area contributed by atoms with E-state index in [0.29, 0.717) is 23.8 Å². The summed E-state index contributed by atoms with van der Waals surface area (Å²) in [4.78, 5) is 10.1. The number of nitrogens with zero attached hydrogens (tertiary/aromatic N) is 3. The molecule has 0 amide bonds. The van der Waals surface area contributed by atoms with Crippen LogP contribution < -0.4 is 10.6 Å². The first-order chi connectivity index (χ1) is 8.58. The van der Waals surface area contributed by atoms with Gasteiger partial charge < -0.3 is 15.4 Å². The average molecular weight is 271 g/mol. The number of ether oxygens (including phenoxy) is 1. The Hall–Kier alpha value is -1.07. The molecule has 2 rings (SSSR count). The Morgan fingerprint density at radius 2 is 2.17 bits per heavy atom. The van der Waals surface area contributed by atoms with Gasteiger partial charge in [0.25, 0.3) is 0 Å². The van der Waals surface area contributed by atoms with Gasteiger partial charge in [0.05, 0.1) is 18.0 Å². The first-order valence-corrected chi connectivity index (χ1v) is 6.54. The molecule has 1 heterocycles. The second kappa shape index (κ2) is 5.71. The molecule has 1 aromatic rings. The van der Waals surface area contributed by atoms with Gasteiger partial charge in [0, 0.05) is 20.2 Å². The van der Waals surface area contributed by atoms with E-state index in [2.05, 4.69) is 9.97 Å².